The number of nitrogen functional groups attached to an aromatic ring is 1. The van der Waals surface area contributed by atoms with Gasteiger partial charge >= 0.3 is 0 Å². The average molecular weight is 338 g/mol. The fourth-order valence-corrected chi connectivity index (χ4v) is 3.57. The molecule has 0 fully saturated rings. The number of nitrogens with two attached hydrogens (primary N) is 1. The predicted octanol–water partition coefficient (Wildman–Crippen LogP) is 3.89. The van der Waals surface area contributed by atoms with Gasteiger partial charge in [-0.15, -0.1) is 11.3 Å². The molecule has 0 saturated heterocycles. The summed E-state index contributed by atoms with van der Waals surface area (Å²) in [7, 11) is 0. The molecule has 0 aliphatic carbocycles. The van der Waals surface area contributed by atoms with Crippen molar-refractivity contribution in [3.63, 3.8) is 0 Å². The molecule has 0 bridgehead atoms. The molecule has 0 aliphatic heterocycles. The Morgan fingerprint density at radius 1 is 1.25 bits per heavy atom. The van der Waals surface area contributed by atoms with E-state index in [9.17, 15) is 4.79 Å². The quantitative estimate of drug-likeness (QED) is 0.578. The van der Waals surface area contributed by atoms with Gasteiger partial charge in [-0.25, -0.2) is 4.98 Å². The molecule has 0 unspecified atom stereocenters. The molecule has 4 aromatic rings. The number of fused-ring (bicyclic) bond motifs is 2. The minimum absolute atomic E-state index is 0.316. The van der Waals surface area contributed by atoms with Crippen molar-refractivity contribution in [3.8, 4) is 0 Å². The van der Waals surface area contributed by atoms with Gasteiger partial charge in [0.2, 0.25) is 0 Å². The van der Waals surface area contributed by atoms with E-state index in [4.69, 9.17) is 10.3 Å². The van der Waals surface area contributed by atoms with Gasteiger partial charge in [0.05, 0.1) is 11.2 Å². The molecular formula is C17H14N4O2S. The minimum atomic E-state index is -0.316. The predicted molar refractivity (Wildman–Crippen MR) is 95.5 cm³/mol. The molecule has 0 saturated carbocycles. The fourth-order valence-electron chi connectivity index (χ4n) is 2.59. The van der Waals surface area contributed by atoms with Crippen molar-refractivity contribution in [2.75, 3.05) is 11.1 Å². The number of nitrogens with one attached hydrogen (secondary N) is 1. The fraction of sp³-hybridized carbons (Fsp3) is 0.118. The molecule has 0 atom stereocenters. The number of pyridine rings is 1. The molecule has 1 aromatic carbocycles. The van der Waals surface area contributed by atoms with Gasteiger partial charge in [0.15, 0.2) is 5.82 Å². The Morgan fingerprint density at radius 3 is 2.83 bits per heavy atom. The Morgan fingerprint density at radius 2 is 2.08 bits per heavy atom. The van der Waals surface area contributed by atoms with Crippen molar-refractivity contribution < 1.29 is 9.32 Å². The molecule has 6 nitrogen and oxygen atoms in total. The van der Waals surface area contributed by atoms with Crippen molar-refractivity contribution in [1.29, 1.82) is 0 Å². The van der Waals surface area contributed by atoms with E-state index in [1.807, 2.05) is 25.1 Å². The summed E-state index contributed by atoms with van der Waals surface area (Å²) in [6.07, 6.45) is 0. The van der Waals surface area contributed by atoms with Crippen LogP contribution in [0.5, 0.6) is 0 Å². The number of thiophene rings is 1. The standard InChI is InChI=1S/C17H14N4O2S/c1-8-3-4-12-10(5-8)7-11-14(18)15(24-17(11)19-12)16(22)20-13-6-9(2)23-21-13/h3-7H,18H2,1-2H3,(H,20,21,22). The van der Waals surface area contributed by atoms with Gasteiger partial charge in [0, 0.05) is 16.8 Å². The number of hydrogen-bond acceptors (Lipinski definition) is 6. The van der Waals surface area contributed by atoms with Gasteiger partial charge in [-0.2, -0.15) is 0 Å². The number of carbonyl (C=O) groups excluding carboxylic acids is 1. The molecule has 7 heteroatoms. The van der Waals surface area contributed by atoms with Crippen LogP contribution in [-0.2, 0) is 0 Å². The van der Waals surface area contributed by atoms with Crippen LogP contribution in [-0.4, -0.2) is 16.0 Å². The molecule has 24 heavy (non-hydrogen) atoms. The minimum Gasteiger partial charge on any atom is -0.397 e. The smallest absolute Gasteiger partial charge is 0.269 e. The first-order valence-corrected chi connectivity index (χ1v) is 8.17. The van der Waals surface area contributed by atoms with E-state index in [1.54, 1.807) is 13.0 Å². The Labute approximate surface area is 141 Å². The zero-order valence-corrected chi connectivity index (χ0v) is 13.9. The Hall–Kier alpha value is -2.93. The largest absolute Gasteiger partial charge is 0.397 e. The highest BCUT2D eigenvalue weighted by Gasteiger charge is 2.19. The summed E-state index contributed by atoms with van der Waals surface area (Å²) in [5.74, 6) is 0.671. The number of aryl methyl sites for hydroxylation is 2. The van der Waals surface area contributed by atoms with E-state index in [0.717, 1.165) is 26.7 Å². The third kappa shape index (κ3) is 2.39. The Bertz CT molecular complexity index is 1100. The molecular weight excluding hydrogens is 324 g/mol. The maximum atomic E-state index is 12.5. The van der Waals surface area contributed by atoms with Crippen LogP contribution < -0.4 is 11.1 Å². The van der Waals surface area contributed by atoms with Crippen LogP contribution >= 0.6 is 11.3 Å². The maximum Gasteiger partial charge on any atom is 0.269 e. The summed E-state index contributed by atoms with van der Waals surface area (Å²) in [6.45, 7) is 3.79. The lowest BCUT2D eigenvalue weighted by Crippen LogP contribution is -2.12. The summed E-state index contributed by atoms with van der Waals surface area (Å²) in [4.78, 5) is 18.3. The Balaban J connectivity index is 1.79. The SMILES string of the molecule is Cc1ccc2nc3sc(C(=O)Nc4cc(C)on4)c(N)c3cc2c1. The second-order valence-corrected chi connectivity index (χ2v) is 6.66. The third-order valence-electron chi connectivity index (χ3n) is 3.74. The van der Waals surface area contributed by atoms with Crippen LogP contribution in [0.3, 0.4) is 0 Å². The first-order chi connectivity index (χ1) is 11.5. The third-order valence-corrected chi connectivity index (χ3v) is 4.86. The van der Waals surface area contributed by atoms with Gasteiger partial charge in [-0.05, 0) is 32.0 Å². The highest BCUT2D eigenvalue weighted by Crippen LogP contribution is 2.35. The van der Waals surface area contributed by atoms with E-state index >= 15 is 0 Å². The topological polar surface area (TPSA) is 94.0 Å². The number of carbonyl (C=O) groups is 1. The molecule has 1 amide bonds. The lowest BCUT2D eigenvalue weighted by molar-refractivity contribution is 0.103. The van der Waals surface area contributed by atoms with Crippen LogP contribution in [0, 0.1) is 13.8 Å². The number of benzene rings is 1. The zero-order valence-electron chi connectivity index (χ0n) is 13.1. The maximum absolute atomic E-state index is 12.5. The van der Waals surface area contributed by atoms with E-state index in [-0.39, 0.29) is 5.91 Å². The van der Waals surface area contributed by atoms with E-state index in [2.05, 4.69) is 21.5 Å². The summed E-state index contributed by atoms with van der Waals surface area (Å²) < 4.78 is 4.95. The molecule has 120 valence electrons. The molecule has 3 aromatic heterocycles. The Kier molecular flexibility index (Phi) is 3.24. The lowest BCUT2D eigenvalue weighted by Gasteiger charge is -2.00. The van der Waals surface area contributed by atoms with Gasteiger partial charge in [0.25, 0.3) is 5.91 Å². The van der Waals surface area contributed by atoms with Crippen LogP contribution in [0.15, 0.2) is 34.9 Å². The number of nitrogens with zero attached hydrogens (tertiary/aromatic N) is 2. The number of anilines is 2. The molecule has 0 radical (unpaired) electrons. The average Bonchev–Trinajstić information content (AvgIpc) is 3.09. The van der Waals surface area contributed by atoms with Crippen LogP contribution in [0.2, 0.25) is 0 Å². The van der Waals surface area contributed by atoms with Crippen LogP contribution in [0.1, 0.15) is 21.0 Å². The van der Waals surface area contributed by atoms with Crippen LogP contribution in [0.25, 0.3) is 21.1 Å². The number of amides is 1. The normalized spacial score (nSPS) is 11.2. The van der Waals surface area contributed by atoms with E-state index in [0.29, 0.717) is 22.1 Å². The summed E-state index contributed by atoms with van der Waals surface area (Å²) in [5.41, 5.74) is 8.66. The van der Waals surface area contributed by atoms with Gasteiger partial charge in [-0.1, -0.05) is 16.8 Å². The van der Waals surface area contributed by atoms with Gasteiger partial charge < -0.3 is 15.6 Å². The van der Waals surface area contributed by atoms with E-state index in [1.165, 1.54) is 11.3 Å². The first-order valence-electron chi connectivity index (χ1n) is 7.35. The lowest BCUT2D eigenvalue weighted by atomic mass is 10.1. The molecule has 4 rings (SSSR count). The van der Waals surface area contributed by atoms with Gasteiger partial charge in [-0.3, -0.25) is 4.79 Å². The highest BCUT2D eigenvalue weighted by atomic mass is 32.1. The summed E-state index contributed by atoms with van der Waals surface area (Å²) in [6, 6.07) is 9.66. The van der Waals surface area contributed by atoms with Crippen molar-refractivity contribution >= 4 is 49.9 Å². The highest BCUT2D eigenvalue weighted by molar-refractivity contribution is 7.21. The van der Waals surface area contributed by atoms with Crippen molar-refractivity contribution in [2.45, 2.75) is 13.8 Å². The monoisotopic (exact) mass is 338 g/mol. The van der Waals surface area contributed by atoms with E-state index < -0.39 is 0 Å². The number of rotatable bonds is 2. The zero-order chi connectivity index (χ0) is 16.8. The molecule has 3 N–H and O–H groups in total. The number of hydrogen-bond donors (Lipinski definition) is 2. The summed E-state index contributed by atoms with van der Waals surface area (Å²) >= 11 is 1.27. The van der Waals surface area contributed by atoms with Crippen LogP contribution in [0.4, 0.5) is 11.5 Å². The second kappa shape index (κ2) is 5.31. The molecule has 3 heterocycles. The molecule has 0 spiro atoms. The van der Waals surface area contributed by atoms with Crippen molar-refractivity contribution in [2.24, 2.45) is 0 Å². The summed E-state index contributed by atoms with van der Waals surface area (Å²) in [5, 5.41) is 8.25. The van der Waals surface area contributed by atoms with Gasteiger partial charge in [0.1, 0.15) is 15.5 Å². The molecule has 0 aliphatic rings. The first kappa shape index (κ1) is 14.6. The van der Waals surface area contributed by atoms with Crippen molar-refractivity contribution in [1.82, 2.24) is 10.1 Å². The van der Waals surface area contributed by atoms with Crippen molar-refractivity contribution in [3.05, 3.63) is 46.5 Å². The number of aromatic nitrogens is 2. The second-order valence-electron chi connectivity index (χ2n) is 5.66.